The molecule has 1 aliphatic heterocycles. The highest BCUT2D eigenvalue weighted by Crippen LogP contribution is 2.25. The second-order valence-electron chi connectivity index (χ2n) is 5.96. The third-order valence-corrected chi connectivity index (χ3v) is 4.48. The predicted molar refractivity (Wildman–Crippen MR) is 86.6 cm³/mol. The Bertz CT molecular complexity index is 649. The molecule has 0 saturated carbocycles. The van der Waals surface area contributed by atoms with Crippen LogP contribution in [-0.2, 0) is 4.74 Å². The summed E-state index contributed by atoms with van der Waals surface area (Å²) >= 11 is 0. The number of nitrogens with one attached hydrogen (secondary N) is 1. The number of fused-ring (bicyclic) bond motifs is 1. The molecule has 0 spiro atoms. The summed E-state index contributed by atoms with van der Waals surface area (Å²) in [7, 11) is 3.88. The van der Waals surface area contributed by atoms with Crippen LogP contribution in [0.3, 0.4) is 0 Å². The van der Waals surface area contributed by atoms with Gasteiger partial charge in [0.15, 0.2) is 0 Å². The van der Waals surface area contributed by atoms with E-state index in [4.69, 9.17) is 4.74 Å². The van der Waals surface area contributed by atoms with Gasteiger partial charge >= 0.3 is 0 Å². The van der Waals surface area contributed by atoms with Gasteiger partial charge < -0.3 is 15.0 Å². The van der Waals surface area contributed by atoms with Crippen molar-refractivity contribution < 1.29 is 9.13 Å². The number of aromatic nitrogens is 1. The van der Waals surface area contributed by atoms with Crippen LogP contribution in [0.15, 0.2) is 30.5 Å². The smallest absolute Gasteiger partial charge is 0.134 e. The maximum atomic E-state index is 13.8. The number of hydrogen-bond acceptors (Lipinski definition) is 4. The lowest BCUT2D eigenvalue weighted by Crippen LogP contribution is -2.32. The van der Waals surface area contributed by atoms with Gasteiger partial charge in [-0.3, -0.25) is 0 Å². The van der Waals surface area contributed by atoms with Crippen molar-refractivity contribution in [3.63, 3.8) is 0 Å². The van der Waals surface area contributed by atoms with Crippen LogP contribution >= 0.6 is 0 Å². The second-order valence-corrected chi connectivity index (χ2v) is 5.96. The van der Waals surface area contributed by atoms with Crippen molar-refractivity contribution in [2.24, 2.45) is 5.92 Å². The number of anilines is 1. The van der Waals surface area contributed by atoms with E-state index in [1.165, 1.54) is 6.07 Å². The standard InChI is InChI=1S/C17H22FN3O/c1-21-9-7-12(11-21)16(22-2)10-20-17-14-4-3-5-15(18)13(14)6-8-19-17/h3-6,8,12,16H,7,9-11H2,1-2H3,(H,19,20). The number of benzene rings is 1. The Labute approximate surface area is 130 Å². The zero-order valence-electron chi connectivity index (χ0n) is 13.1. The van der Waals surface area contributed by atoms with E-state index in [1.54, 1.807) is 25.4 Å². The molecule has 0 radical (unpaired) electrons. The van der Waals surface area contributed by atoms with E-state index < -0.39 is 0 Å². The van der Waals surface area contributed by atoms with Gasteiger partial charge in [0.05, 0.1) is 6.10 Å². The van der Waals surface area contributed by atoms with Crippen molar-refractivity contribution in [3.8, 4) is 0 Å². The summed E-state index contributed by atoms with van der Waals surface area (Å²) in [6.45, 7) is 2.84. The molecule has 0 bridgehead atoms. The van der Waals surface area contributed by atoms with Gasteiger partial charge in [-0.1, -0.05) is 12.1 Å². The molecule has 1 aliphatic rings. The number of ether oxygens (including phenoxy) is 1. The second kappa shape index (κ2) is 6.58. The topological polar surface area (TPSA) is 37.4 Å². The van der Waals surface area contributed by atoms with Crippen molar-refractivity contribution in [2.45, 2.75) is 12.5 Å². The summed E-state index contributed by atoms with van der Waals surface area (Å²) in [6, 6.07) is 6.77. The van der Waals surface area contributed by atoms with Gasteiger partial charge in [-0.2, -0.15) is 0 Å². The molecular weight excluding hydrogens is 281 g/mol. The first-order valence-corrected chi connectivity index (χ1v) is 7.67. The molecular formula is C17H22FN3O. The van der Waals surface area contributed by atoms with Crippen LogP contribution in [0.1, 0.15) is 6.42 Å². The third-order valence-electron chi connectivity index (χ3n) is 4.48. The average molecular weight is 303 g/mol. The Morgan fingerprint density at radius 3 is 3.00 bits per heavy atom. The Morgan fingerprint density at radius 1 is 1.41 bits per heavy atom. The molecule has 1 N–H and O–H groups in total. The molecule has 1 aromatic heterocycles. The van der Waals surface area contributed by atoms with E-state index in [2.05, 4.69) is 22.2 Å². The number of nitrogens with zero attached hydrogens (tertiary/aromatic N) is 2. The van der Waals surface area contributed by atoms with Crippen molar-refractivity contribution >= 4 is 16.6 Å². The first-order valence-electron chi connectivity index (χ1n) is 7.67. The van der Waals surface area contributed by atoms with Crippen molar-refractivity contribution in [1.82, 2.24) is 9.88 Å². The number of pyridine rings is 1. The SMILES string of the molecule is COC(CNc1nccc2c(F)cccc12)C1CCN(C)C1. The molecule has 1 fully saturated rings. The van der Waals surface area contributed by atoms with Crippen LogP contribution in [0.2, 0.25) is 0 Å². The lowest BCUT2D eigenvalue weighted by atomic mass is 10.0. The van der Waals surface area contributed by atoms with Gasteiger partial charge in [-0.25, -0.2) is 9.37 Å². The summed E-state index contributed by atoms with van der Waals surface area (Å²) in [4.78, 5) is 6.67. The fourth-order valence-electron chi connectivity index (χ4n) is 3.22. The van der Waals surface area contributed by atoms with Gasteiger partial charge in [0, 0.05) is 43.1 Å². The van der Waals surface area contributed by atoms with Crippen LogP contribution in [0.25, 0.3) is 10.8 Å². The minimum atomic E-state index is -0.219. The summed E-state index contributed by atoms with van der Waals surface area (Å²) < 4.78 is 19.5. The third kappa shape index (κ3) is 3.05. The zero-order valence-corrected chi connectivity index (χ0v) is 13.1. The quantitative estimate of drug-likeness (QED) is 0.921. The summed E-state index contributed by atoms with van der Waals surface area (Å²) in [5.41, 5.74) is 0. The molecule has 5 heteroatoms. The largest absolute Gasteiger partial charge is 0.379 e. The Kier molecular flexibility index (Phi) is 4.55. The van der Waals surface area contributed by atoms with Crippen LogP contribution in [-0.4, -0.2) is 49.8 Å². The fourth-order valence-corrected chi connectivity index (χ4v) is 3.22. The minimum Gasteiger partial charge on any atom is -0.379 e. The summed E-state index contributed by atoms with van der Waals surface area (Å²) in [5.74, 6) is 1.02. The molecule has 2 heterocycles. The highest BCUT2D eigenvalue weighted by Gasteiger charge is 2.27. The van der Waals surface area contributed by atoms with Crippen molar-refractivity contribution in [1.29, 1.82) is 0 Å². The lowest BCUT2D eigenvalue weighted by molar-refractivity contribution is 0.0658. The normalized spacial score (nSPS) is 20.4. The Hall–Kier alpha value is -1.72. The molecule has 2 aromatic rings. The maximum Gasteiger partial charge on any atom is 0.134 e. The predicted octanol–water partition coefficient (Wildman–Crippen LogP) is 2.75. The Balaban J connectivity index is 1.74. The molecule has 118 valence electrons. The number of methoxy groups -OCH3 is 1. The van der Waals surface area contributed by atoms with Gasteiger partial charge in [0.25, 0.3) is 0 Å². The van der Waals surface area contributed by atoms with E-state index in [0.717, 1.165) is 24.9 Å². The fraction of sp³-hybridized carbons (Fsp3) is 0.471. The van der Waals surface area contributed by atoms with E-state index >= 15 is 0 Å². The molecule has 0 aliphatic carbocycles. The average Bonchev–Trinajstić information content (AvgIpc) is 2.95. The van der Waals surface area contributed by atoms with Crippen molar-refractivity contribution in [3.05, 3.63) is 36.3 Å². The van der Waals surface area contributed by atoms with Crippen molar-refractivity contribution in [2.75, 3.05) is 39.1 Å². The molecule has 1 saturated heterocycles. The van der Waals surface area contributed by atoms with Gasteiger partial charge in [-0.15, -0.1) is 0 Å². The molecule has 2 unspecified atom stereocenters. The van der Waals surface area contributed by atoms with Crippen LogP contribution in [0.4, 0.5) is 10.2 Å². The number of rotatable bonds is 5. The number of halogens is 1. The van der Waals surface area contributed by atoms with Gasteiger partial charge in [0.1, 0.15) is 11.6 Å². The molecule has 1 aromatic carbocycles. The van der Waals surface area contributed by atoms with Crippen LogP contribution < -0.4 is 5.32 Å². The van der Waals surface area contributed by atoms with E-state index in [1.807, 2.05) is 6.07 Å². The molecule has 3 rings (SSSR count). The highest BCUT2D eigenvalue weighted by atomic mass is 19.1. The first-order chi connectivity index (χ1) is 10.7. The highest BCUT2D eigenvalue weighted by molar-refractivity contribution is 5.92. The number of likely N-dealkylation sites (tertiary alicyclic amines) is 1. The molecule has 4 nitrogen and oxygen atoms in total. The monoisotopic (exact) mass is 303 g/mol. The molecule has 22 heavy (non-hydrogen) atoms. The zero-order chi connectivity index (χ0) is 15.5. The first kappa shape index (κ1) is 15.2. The van der Waals surface area contributed by atoms with Gasteiger partial charge in [0.2, 0.25) is 0 Å². The maximum absolute atomic E-state index is 13.8. The Morgan fingerprint density at radius 2 is 2.27 bits per heavy atom. The van der Waals surface area contributed by atoms with E-state index in [0.29, 0.717) is 23.7 Å². The lowest BCUT2D eigenvalue weighted by Gasteiger charge is -2.23. The summed E-state index contributed by atoms with van der Waals surface area (Å²) in [5, 5.41) is 4.73. The number of hydrogen-bond donors (Lipinski definition) is 1. The molecule has 0 amide bonds. The van der Waals surface area contributed by atoms with E-state index in [9.17, 15) is 4.39 Å². The van der Waals surface area contributed by atoms with Gasteiger partial charge in [-0.05, 0) is 32.1 Å². The van der Waals surface area contributed by atoms with Crippen LogP contribution in [0.5, 0.6) is 0 Å². The van der Waals surface area contributed by atoms with E-state index in [-0.39, 0.29) is 11.9 Å². The molecule has 2 atom stereocenters. The minimum absolute atomic E-state index is 0.135. The summed E-state index contributed by atoms with van der Waals surface area (Å²) in [6.07, 6.45) is 2.92. The van der Waals surface area contributed by atoms with Crippen LogP contribution in [0, 0.1) is 11.7 Å².